The van der Waals surface area contributed by atoms with Crippen LogP contribution in [0.3, 0.4) is 0 Å². The van der Waals surface area contributed by atoms with Gasteiger partial charge in [0, 0.05) is 48.2 Å². The molecule has 9 heteroatoms. The zero-order valence-electron chi connectivity index (χ0n) is 14.3. The van der Waals surface area contributed by atoms with Gasteiger partial charge in [-0.1, -0.05) is 6.58 Å². The molecule has 0 aliphatic carbocycles. The Morgan fingerprint density at radius 3 is 1.41 bits per heavy atom. The Morgan fingerprint density at radius 1 is 0.864 bits per heavy atom. The number of rotatable bonds is 11. The Balaban J connectivity index is 5.65. The summed E-state index contributed by atoms with van der Waals surface area (Å²) in [5, 5.41) is 0. The molecule has 0 bridgehead atoms. The molecule has 0 atom stereocenters. The molecule has 0 N–H and O–H groups in total. The van der Waals surface area contributed by atoms with Crippen molar-refractivity contribution in [2.75, 3.05) is 48.9 Å². The van der Waals surface area contributed by atoms with Crippen molar-refractivity contribution in [3.05, 3.63) is 12.2 Å². The second-order valence-corrected chi connectivity index (χ2v) is 7.22. The van der Waals surface area contributed by atoms with E-state index in [1.54, 1.807) is 6.92 Å². The normalized spacial score (nSPS) is 12.5. The van der Waals surface area contributed by atoms with Crippen LogP contribution in [-0.4, -0.2) is 74.8 Å². The van der Waals surface area contributed by atoms with E-state index in [9.17, 15) is 4.79 Å². The fourth-order valence-electron chi connectivity index (χ4n) is 2.06. The average molecular weight is 338 g/mol. The van der Waals surface area contributed by atoms with Crippen LogP contribution in [0.1, 0.15) is 6.92 Å². The van der Waals surface area contributed by atoms with Gasteiger partial charge in [-0.3, -0.25) is 0 Å². The molecule has 0 heterocycles. The summed E-state index contributed by atoms with van der Waals surface area (Å²) in [6.07, 6.45) is -0.0866. The maximum Gasteiger partial charge on any atom is 0.332 e. The lowest BCUT2D eigenvalue weighted by molar-refractivity contribution is -0.340. The van der Waals surface area contributed by atoms with E-state index in [0.29, 0.717) is 0 Å². The first-order valence-corrected chi connectivity index (χ1v) is 8.43. The smallest absolute Gasteiger partial charge is 0.332 e. The van der Waals surface area contributed by atoms with Gasteiger partial charge in [0.1, 0.15) is 0 Å². The number of methoxy groups -OCH3 is 6. The van der Waals surface area contributed by atoms with E-state index < -0.39 is 26.0 Å². The number of carbonyl (C=O) groups excluding carboxylic acids is 1. The van der Waals surface area contributed by atoms with Gasteiger partial charge < -0.3 is 33.2 Å². The predicted molar refractivity (Wildman–Crippen MR) is 80.4 cm³/mol. The summed E-state index contributed by atoms with van der Waals surface area (Å²) in [5.74, 6) is -0.549. The SMILES string of the molecule is C=C(C)C(=O)OC[SiH](C(OC)(OC)OC)C(OC)(OC)OC. The van der Waals surface area contributed by atoms with Crippen LogP contribution >= 0.6 is 0 Å². The van der Waals surface area contributed by atoms with Crippen LogP contribution in [0.25, 0.3) is 0 Å². The molecule has 0 aliphatic heterocycles. The van der Waals surface area contributed by atoms with Gasteiger partial charge in [-0.15, -0.1) is 0 Å². The standard InChI is InChI=1S/C13H26O8Si/c1-10(2)11(14)21-9-22(12(15-3,16-4)17-5)13(18-6,19-7)20-8/h22H,1,9H2,2-8H3. The first-order chi connectivity index (χ1) is 10.3. The van der Waals surface area contributed by atoms with E-state index in [1.807, 2.05) is 0 Å². The zero-order chi connectivity index (χ0) is 17.4. The molecule has 0 unspecified atom stereocenters. The molecule has 0 aromatic heterocycles. The topological polar surface area (TPSA) is 81.7 Å². The highest BCUT2D eigenvalue weighted by Gasteiger charge is 2.58. The monoisotopic (exact) mass is 338 g/mol. The third-order valence-electron chi connectivity index (χ3n) is 3.29. The van der Waals surface area contributed by atoms with Crippen LogP contribution in [0.5, 0.6) is 0 Å². The maximum atomic E-state index is 11.7. The van der Waals surface area contributed by atoms with Gasteiger partial charge >= 0.3 is 5.97 Å². The van der Waals surface area contributed by atoms with Crippen molar-refractivity contribution >= 4 is 14.8 Å². The lowest BCUT2D eigenvalue weighted by atomic mass is 10.4. The van der Waals surface area contributed by atoms with E-state index in [0.717, 1.165) is 0 Å². The molecule has 0 fully saturated rings. The number of hydrogen-bond donors (Lipinski definition) is 0. The molecule has 0 saturated carbocycles. The van der Waals surface area contributed by atoms with E-state index in [2.05, 4.69) is 6.58 Å². The molecule has 0 amide bonds. The Kier molecular flexibility index (Phi) is 9.01. The van der Waals surface area contributed by atoms with Crippen LogP contribution < -0.4 is 0 Å². The fraction of sp³-hybridized carbons (Fsp3) is 0.769. The van der Waals surface area contributed by atoms with E-state index >= 15 is 0 Å². The molecule has 0 radical (unpaired) electrons. The minimum Gasteiger partial charge on any atom is -0.466 e. The van der Waals surface area contributed by atoms with Crippen molar-refractivity contribution < 1.29 is 38.0 Å². The Bertz CT molecular complexity index is 329. The molecule has 0 saturated heterocycles. The molecular weight excluding hydrogens is 312 g/mol. The van der Waals surface area contributed by atoms with Gasteiger partial charge in [0.15, 0.2) is 0 Å². The summed E-state index contributed by atoms with van der Waals surface area (Å²) in [7, 11) is 5.76. The van der Waals surface area contributed by atoms with E-state index in [4.69, 9.17) is 33.2 Å². The molecule has 0 spiro atoms. The summed E-state index contributed by atoms with van der Waals surface area (Å²) in [6.45, 7) is 5.08. The molecule has 0 aliphatic rings. The first kappa shape index (κ1) is 21.2. The number of esters is 1. The summed E-state index contributed by atoms with van der Waals surface area (Å²) >= 11 is 0. The van der Waals surface area contributed by atoms with Crippen LogP contribution in [-0.2, 0) is 38.0 Å². The summed E-state index contributed by atoms with van der Waals surface area (Å²) < 4.78 is 37.4. The highest BCUT2D eigenvalue weighted by atomic mass is 28.3. The Labute approximate surface area is 132 Å². The third kappa shape index (κ3) is 4.35. The minimum atomic E-state index is -2.65. The Hall–Kier alpha value is -0.813. The molecule has 0 aromatic rings. The van der Waals surface area contributed by atoms with Crippen molar-refractivity contribution in [2.45, 2.75) is 18.1 Å². The van der Waals surface area contributed by atoms with Crippen molar-refractivity contribution in [3.8, 4) is 0 Å². The second-order valence-electron chi connectivity index (χ2n) is 4.36. The Morgan fingerprint density at radius 2 is 1.18 bits per heavy atom. The number of carbonyl (C=O) groups is 1. The molecule has 22 heavy (non-hydrogen) atoms. The molecule has 130 valence electrons. The van der Waals surface area contributed by atoms with E-state index in [-0.39, 0.29) is 11.8 Å². The van der Waals surface area contributed by atoms with Crippen LogP contribution in [0.15, 0.2) is 12.2 Å². The van der Waals surface area contributed by atoms with Crippen LogP contribution in [0.4, 0.5) is 0 Å². The molecule has 0 aromatic carbocycles. The largest absolute Gasteiger partial charge is 0.466 e. The quantitative estimate of drug-likeness (QED) is 0.228. The van der Waals surface area contributed by atoms with Gasteiger partial charge in [0.05, 0.1) is 6.23 Å². The van der Waals surface area contributed by atoms with Gasteiger partial charge in [0.25, 0.3) is 20.0 Å². The third-order valence-corrected chi connectivity index (χ3v) is 6.91. The van der Waals surface area contributed by atoms with Crippen molar-refractivity contribution in [1.29, 1.82) is 0 Å². The fourth-order valence-corrected chi connectivity index (χ4v) is 4.92. The number of ether oxygens (including phenoxy) is 7. The van der Waals surface area contributed by atoms with Gasteiger partial charge in [0.2, 0.25) is 0 Å². The summed E-state index contributed by atoms with van der Waals surface area (Å²) in [5.41, 5.74) is -2.71. The van der Waals surface area contributed by atoms with E-state index in [1.165, 1.54) is 42.7 Å². The highest BCUT2D eigenvalue weighted by Crippen LogP contribution is 2.29. The summed E-state index contributed by atoms with van der Waals surface area (Å²) in [4.78, 5) is 11.7. The van der Waals surface area contributed by atoms with Crippen molar-refractivity contribution in [3.63, 3.8) is 0 Å². The lowest BCUT2D eigenvalue weighted by Gasteiger charge is -2.43. The summed E-state index contributed by atoms with van der Waals surface area (Å²) in [6, 6.07) is 0. The molecule has 0 rings (SSSR count). The molecule has 8 nitrogen and oxygen atoms in total. The first-order valence-electron chi connectivity index (χ1n) is 6.46. The lowest BCUT2D eigenvalue weighted by Crippen LogP contribution is -2.68. The van der Waals surface area contributed by atoms with Gasteiger partial charge in [-0.05, 0) is 6.92 Å². The van der Waals surface area contributed by atoms with Crippen molar-refractivity contribution in [2.24, 2.45) is 0 Å². The van der Waals surface area contributed by atoms with Gasteiger partial charge in [-0.2, -0.15) is 0 Å². The van der Waals surface area contributed by atoms with Crippen LogP contribution in [0, 0.1) is 0 Å². The maximum absolute atomic E-state index is 11.7. The van der Waals surface area contributed by atoms with Crippen LogP contribution in [0.2, 0.25) is 0 Å². The number of hydrogen-bond acceptors (Lipinski definition) is 8. The van der Waals surface area contributed by atoms with Gasteiger partial charge in [-0.25, -0.2) is 4.79 Å². The van der Waals surface area contributed by atoms with Crippen molar-refractivity contribution in [1.82, 2.24) is 0 Å². The zero-order valence-corrected chi connectivity index (χ0v) is 15.4. The predicted octanol–water partition coefficient (Wildman–Crippen LogP) is 0.136. The average Bonchev–Trinajstić information content (AvgIpc) is 2.55. The highest BCUT2D eigenvalue weighted by molar-refractivity contribution is 6.63. The second kappa shape index (κ2) is 9.35. The molecular formula is C13H26O8Si. The minimum absolute atomic E-state index is 0.0866.